The highest BCUT2D eigenvalue weighted by atomic mass is 19.1. The number of benzene rings is 2. The van der Waals surface area contributed by atoms with Crippen molar-refractivity contribution in [1.29, 1.82) is 0 Å². The van der Waals surface area contributed by atoms with Gasteiger partial charge < -0.3 is 5.73 Å². The lowest BCUT2D eigenvalue weighted by Gasteiger charge is -2.09. The number of halogens is 1. The molecule has 1 aromatic heterocycles. The first kappa shape index (κ1) is 14.4. The van der Waals surface area contributed by atoms with E-state index in [1.54, 1.807) is 42.7 Å². The molecule has 0 spiro atoms. The molecule has 4 heteroatoms. The van der Waals surface area contributed by atoms with Gasteiger partial charge >= 0.3 is 0 Å². The average Bonchev–Trinajstić information content (AvgIpc) is 2.56. The van der Waals surface area contributed by atoms with E-state index in [0.29, 0.717) is 24.1 Å². The third kappa shape index (κ3) is 2.49. The second kappa shape index (κ2) is 6.03. The van der Waals surface area contributed by atoms with Crippen molar-refractivity contribution in [2.45, 2.75) is 6.42 Å². The Morgan fingerprint density at radius 2 is 1.86 bits per heavy atom. The van der Waals surface area contributed by atoms with E-state index in [2.05, 4.69) is 4.98 Å². The van der Waals surface area contributed by atoms with Crippen LogP contribution in [0.3, 0.4) is 0 Å². The fourth-order valence-corrected chi connectivity index (χ4v) is 2.57. The van der Waals surface area contributed by atoms with Crippen molar-refractivity contribution in [3.8, 4) is 0 Å². The Morgan fingerprint density at radius 1 is 1.09 bits per heavy atom. The van der Waals surface area contributed by atoms with E-state index in [0.717, 1.165) is 10.8 Å². The SMILES string of the molecule is NCCc1cccc(C(=O)c2cccc3cnccc23)c1F. The largest absolute Gasteiger partial charge is 0.330 e. The van der Waals surface area contributed by atoms with Gasteiger partial charge in [0.2, 0.25) is 0 Å². The third-order valence-electron chi connectivity index (χ3n) is 3.66. The van der Waals surface area contributed by atoms with E-state index >= 15 is 0 Å². The minimum atomic E-state index is -0.482. The molecule has 2 aromatic carbocycles. The van der Waals surface area contributed by atoms with Gasteiger partial charge in [-0.3, -0.25) is 9.78 Å². The van der Waals surface area contributed by atoms with Crippen molar-refractivity contribution >= 4 is 16.6 Å². The Labute approximate surface area is 127 Å². The van der Waals surface area contributed by atoms with Crippen LogP contribution in [0.4, 0.5) is 4.39 Å². The van der Waals surface area contributed by atoms with Gasteiger partial charge in [0.05, 0.1) is 5.56 Å². The first-order chi connectivity index (χ1) is 10.7. The molecule has 3 aromatic rings. The van der Waals surface area contributed by atoms with Crippen LogP contribution in [0.5, 0.6) is 0 Å². The van der Waals surface area contributed by atoms with Crippen LogP contribution in [0.1, 0.15) is 21.5 Å². The Kier molecular flexibility index (Phi) is 3.94. The molecule has 110 valence electrons. The minimum Gasteiger partial charge on any atom is -0.330 e. The standard InChI is InChI=1S/C18H15FN2O/c19-17-12(7-9-20)3-1-6-16(17)18(22)15-5-2-4-13-11-21-10-8-14(13)15/h1-6,8,10-11H,7,9,20H2. The fraction of sp³-hybridized carbons (Fsp3) is 0.111. The second-order valence-electron chi connectivity index (χ2n) is 5.05. The van der Waals surface area contributed by atoms with Crippen LogP contribution in [0.25, 0.3) is 10.8 Å². The highest BCUT2D eigenvalue weighted by Crippen LogP contribution is 2.23. The van der Waals surface area contributed by atoms with Crippen molar-refractivity contribution in [2.24, 2.45) is 5.73 Å². The molecule has 22 heavy (non-hydrogen) atoms. The Hall–Kier alpha value is -2.59. The zero-order valence-corrected chi connectivity index (χ0v) is 11.9. The lowest BCUT2D eigenvalue weighted by Crippen LogP contribution is -2.10. The predicted molar refractivity (Wildman–Crippen MR) is 84.3 cm³/mol. The molecule has 0 saturated heterocycles. The van der Waals surface area contributed by atoms with Crippen LogP contribution in [-0.4, -0.2) is 17.3 Å². The smallest absolute Gasteiger partial charge is 0.196 e. The van der Waals surface area contributed by atoms with Crippen molar-refractivity contribution in [3.05, 3.63) is 77.4 Å². The summed E-state index contributed by atoms with van der Waals surface area (Å²) in [7, 11) is 0. The van der Waals surface area contributed by atoms with Crippen LogP contribution in [-0.2, 0) is 6.42 Å². The number of nitrogens with zero attached hydrogens (tertiary/aromatic N) is 1. The molecule has 0 bridgehead atoms. The van der Waals surface area contributed by atoms with E-state index in [4.69, 9.17) is 5.73 Å². The number of rotatable bonds is 4. The first-order valence-electron chi connectivity index (χ1n) is 7.07. The van der Waals surface area contributed by atoms with E-state index in [9.17, 15) is 9.18 Å². The molecule has 0 aliphatic rings. The molecule has 0 aliphatic carbocycles. The van der Waals surface area contributed by atoms with Crippen LogP contribution in [0, 0.1) is 5.82 Å². The van der Waals surface area contributed by atoms with Crippen LogP contribution in [0.2, 0.25) is 0 Å². The maximum absolute atomic E-state index is 14.5. The van der Waals surface area contributed by atoms with Crippen LogP contribution >= 0.6 is 0 Å². The summed E-state index contributed by atoms with van der Waals surface area (Å²) in [6.07, 6.45) is 3.72. The zero-order valence-electron chi connectivity index (χ0n) is 11.9. The predicted octanol–water partition coefficient (Wildman–Crippen LogP) is 3.11. The number of ketones is 1. The quantitative estimate of drug-likeness (QED) is 0.752. The van der Waals surface area contributed by atoms with Gasteiger partial charge in [0.25, 0.3) is 0 Å². The number of hydrogen-bond acceptors (Lipinski definition) is 3. The van der Waals surface area contributed by atoms with E-state index in [1.807, 2.05) is 6.07 Å². The van der Waals surface area contributed by atoms with Gasteiger partial charge in [0.1, 0.15) is 5.82 Å². The number of pyridine rings is 1. The molecule has 0 saturated carbocycles. The molecule has 0 atom stereocenters. The maximum Gasteiger partial charge on any atom is 0.196 e. The number of carbonyl (C=O) groups excluding carboxylic acids is 1. The number of hydrogen-bond donors (Lipinski definition) is 1. The van der Waals surface area contributed by atoms with Crippen molar-refractivity contribution in [3.63, 3.8) is 0 Å². The van der Waals surface area contributed by atoms with Gasteiger partial charge in [0.15, 0.2) is 5.78 Å². The number of carbonyl (C=O) groups is 1. The Balaban J connectivity index is 2.13. The normalized spacial score (nSPS) is 10.8. The van der Waals surface area contributed by atoms with Crippen LogP contribution in [0.15, 0.2) is 54.9 Å². The summed E-state index contributed by atoms with van der Waals surface area (Å²) in [4.78, 5) is 16.8. The highest BCUT2D eigenvalue weighted by Gasteiger charge is 2.18. The third-order valence-corrected chi connectivity index (χ3v) is 3.66. The van der Waals surface area contributed by atoms with Gasteiger partial charge in [-0.1, -0.05) is 30.3 Å². The lowest BCUT2D eigenvalue weighted by molar-refractivity contribution is 0.103. The number of nitrogens with two attached hydrogens (primary N) is 1. The lowest BCUT2D eigenvalue weighted by atomic mass is 9.96. The Bertz CT molecular complexity index is 840. The maximum atomic E-state index is 14.5. The summed E-state index contributed by atoms with van der Waals surface area (Å²) < 4.78 is 14.5. The topological polar surface area (TPSA) is 56.0 Å². The summed E-state index contributed by atoms with van der Waals surface area (Å²) in [6.45, 7) is 0.342. The first-order valence-corrected chi connectivity index (χ1v) is 7.07. The van der Waals surface area contributed by atoms with Gasteiger partial charge in [-0.05, 0) is 36.0 Å². The molecule has 0 fully saturated rings. The molecule has 0 radical (unpaired) electrons. The van der Waals surface area contributed by atoms with Gasteiger partial charge in [-0.2, -0.15) is 0 Å². The summed E-state index contributed by atoms with van der Waals surface area (Å²) >= 11 is 0. The summed E-state index contributed by atoms with van der Waals surface area (Å²) in [5, 5.41) is 1.62. The molecule has 0 amide bonds. The zero-order chi connectivity index (χ0) is 15.5. The van der Waals surface area contributed by atoms with Crippen molar-refractivity contribution < 1.29 is 9.18 Å². The van der Waals surface area contributed by atoms with Gasteiger partial charge in [-0.25, -0.2) is 4.39 Å². The fourth-order valence-electron chi connectivity index (χ4n) is 2.57. The summed E-state index contributed by atoms with van der Waals surface area (Å²) in [6, 6.07) is 12.0. The van der Waals surface area contributed by atoms with Crippen LogP contribution < -0.4 is 5.73 Å². The molecule has 0 aliphatic heterocycles. The van der Waals surface area contributed by atoms with E-state index in [-0.39, 0.29) is 11.3 Å². The Morgan fingerprint density at radius 3 is 2.68 bits per heavy atom. The molecule has 3 nitrogen and oxygen atoms in total. The molecule has 0 unspecified atom stereocenters. The van der Waals surface area contributed by atoms with Gasteiger partial charge in [0, 0.05) is 23.3 Å². The molecule has 1 heterocycles. The summed E-state index contributed by atoms with van der Waals surface area (Å²) in [5.41, 5.74) is 6.51. The molecule has 2 N–H and O–H groups in total. The molecule has 3 rings (SSSR count). The highest BCUT2D eigenvalue weighted by molar-refractivity contribution is 6.16. The van der Waals surface area contributed by atoms with Crippen molar-refractivity contribution in [1.82, 2.24) is 4.98 Å². The second-order valence-corrected chi connectivity index (χ2v) is 5.05. The summed E-state index contributed by atoms with van der Waals surface area (Å²) in [5.74, 6) is -0.808. The van der Waals surface area contributed by atoms with E-state index < -0.39 is 5.82 Å². The average molecular weight is 294 g/mol. The molecular weight excluding hydrogens is 279 g/mol. The van der Waals surface area contributed by atoms with Crippen molar-refractivity contribution in [2.75, 3.05) is 6.54 Å². The number of aromatic nitrogens is 1. The van der Waals surface area contributed by atoms with Gasteiger partial charge in [-0.15, -0.1) is 0 Å². The monoisotopic (exact) mass is 294 g/mol. The number of fused-ring (bicyclic) bond motifs is 1. The minimum absolute atomic E-state index is 0.0789. The van der Waals surface area contributed by atoms with E-state index in [1.165, 1.54) is 6.07 Å². The molecular formula is C18H15FN2O.